The van der Waals surface area contributed by atoms with Gasteiger partial charge in [-0.15, -0.1) is 0 Å². The van der Waals surface area contributed by atoms with Crippen LogP contribution in [-0.2, 0) is 6.54 Å². The lowest BCUT2D eigenvalue weighted by Gasteiger charge is -2.41. The van der Waals surface area contributed by atoms with E-state index in [2.05, 4.69) is 10.1 Å². The number of piperidine rings is 1. The number of β-amino-alcohol motifs (C(OH)–C–C–N with tert-alkyl or cyclic N) is 1. The van der Waals surface area contributed by atoms with E-state index in [0.717, 1.165) is 5.56 Å². The number of hydrogen-bond donors (Lipinski definition) is 2. The van der Waals surface area contributed by atoms with Crippen LogP contribution in [0.15, 0.2) is 58.3 Å². The van der Waals surface area contributed by atoms with Crippen molar-refractivity contribution in [3.63, 3.8) is 0 Å². The van der Waals surface area contributed by atoms with Gasteiger partial charge in [0, 0.05) is 25.2 Å². The zero-order chi connectivity index (χ0) is 23.9. The lowest BCUT2D eigenvalue weighted by Crippen LogP contribution is -2.52. The van der Waals surface area contributed by atoms with Gasteiger partial charge in [-0.1, -0.05) is 17.7 Å². The highest BCUT2D eigenvalue weighted by atomic mass is 19.1. The fourth-order valence-electron chi connectivity index (χ4n) is 4.53. The summed E-state index contributed by atoms with van der Waals surface area (Å²) in [5, 5.41) is 13.9. The summed E-state index contributed by atoms with van der Waals surface area (Å²) in [6.45, 7) is 3.51. The van der Waals surface area contributed by atoms with Gasteiger partial charge >= 0.3 is 0 Å². The van der Waals surface area contributed by atoms with Crippen molar-refractivity contribution >= 4 is 18.1 Å². The van der Waals surface area contributed by atoms with Crippen molar-refractivity contribution < 1.29 is 14.3 Å². The fraction of sp³-hybridized carbons (Fsp3) is 0.320. The number of aliphatic imine (C=N–C) groups is 1. The summed E-state index contributed by atoms with van der Waals surface area (Å²) in [5.74, 6) is 0.0832. The quantitative estimate of drug-likeness (QED) is 0.622. The lowest BCUT2D eigenvalue weighted by molar-refractivity contribution is -0.0302. The fourth-order valence-corrected chi connectivity index (χ4v) is 4.53. The molecule has 1 saturated heterocycles. The van der Waals surface area contributed by atoms with Gasteiger partial charge in [0.2, 0.25) is 0 Å². The van der Waals surface area contributed by atoms with Crippen molar-refractivity contribution in [3.05, 3.63) is 81.4 Å². The highest BCUT2D eigenvalue weighted by molar-refractivity contribution is 5.94. The Labute approximate surface area is 195 Å². The summed E-state index contributed by atoms with van der Waals surface area (Å²) in [4.78, 5) is 33.4. The van der Waals surface area contributed by atoms with Crippen molar-refractivity contribution in [1.29, 1.82) is 0 Å². The molecule has 1 amide bonds. The van der Waals surface area contributed by atoms with Gasteiger partial charge in [-0.2, -0.15) is 0 Å². The zero-order valence-corrected chi connectivity index (χ0v) is 18.9. The number of carbonyl (C=O) groups excluding carboxylic acids is 1. The largest absolute Gasteiger partial charge is 0.388 e. The first-order valence-corrected chi connectivity index (χ1v) is 11.3. The molecule has 2 aliphatic heterocycles. The molecule has 0 radical (unpaired) electrons. The van der Waals surface area contributed by atoms with Crippen molar-refractivity contribution in [2.75, 3.05) is 19.6 Å². The highest BCUT2D eigenvalue weighted by Gasteiger charge is 2.36. The second-order valence-corrected chi connectivity index (χ2v) is 9.09. The number of amides is 1. The number of benzene rings is 2. The number of aromatic amines is 1. The molecule has 0 unspecified atom stereocenters. The highest BCUT2D eigenvalue weighted by Crippen LogP contribution is 2.28. The molecule has 2 aliphatic rings. The third kappa shape index (κ3) is 4.26. The summed E-state index contributed by atoms with van der Waals surface area (Å²) in [6.07, 6.45) is 2.50. The maximum absolute atomic E-state index is 13.3. The maximum atomic E-state index is 13.3. The molecule has 176 valence electrons. The molecule has 1 aromatic heterocycles. The van der Waals surface area contributed by atoms with Gasteiger partial charge in [-0.05, 0) is 56.2 Å². The number of fused-ring (bicyclic) bond motifs is 1. The van der Waals surface area contributed by atoms with Crippen LogP contribution in [0.1, 0.15) is 34.3 Å². The van der Waals surface area contributed by atoms with E-state index in [-0.39, 0.29) is 17.3 Å². The van der Waals surface area contributed by atoms with Gasteiger partial charge in [0.15, 0.2) is 5.82 Å². The summed E-state index contributed by atoms with van der Waals surface area (Å²) in [7, 11) is 0. The van der Waals surface area contributed by atoms with Crippen molar-refractivity contribution in [2.24, 2.45) is 4.99 Å². The molecule has 0 atom stereocenters. The van der Waals surface area contributed by atoms with Gasteiger partial charge < -0.3 is 14.9 Å². The minimum atomic E-state index is -0.986. The monoisotopic (exact) mass is 463 g/mol. The smallest absolute Gasteiger partial charge is 0.271 e. The summed E-state index contributed by atoms with van der Waals surface area (Å²) in [5.41, 5.74) is 1.59. The Bertz CT molecular complexity index is 1290. The van der Waals surface area contributed by atoms with Gasteiger partial charge in [-0.3, -0.25) is 14.7 Å². The first-order chi connectivity index (χ1) is 16.3. The van der Waals surface area contributed by atoms with Crippen LogP contribution in [0.5, 0.6) is 0 Å². The van der Waals surface area contributed by atoms with E-state index in [1.54, 1.807) is 23.4 Å². The molecular formula is C25H26FN5O3. The third-order valence-corrected chi connectivity index (χ3v) is 6.54. The second-order valence-electron chi connectivity index (χ2n) is 9.09. The first-order valence-electron chi connectivity index (χ1n) is 11.3. The van der Waals surface area contributed by atoms with E-state index in [4.69, 9.17) is 0 Å². The molecule has 2 N–H and O–H groups in total. The standard InChI is InChI=1S/C25H26FN5O3/c1-17-2-4-18(5-3-17)24(33)30-12-10-25(34,11-13-30)15-29-14-21-22(27-16-29)31(28-23(21)32)20-8-6-19(26)7-9-20/h2-9,16,34H,10-15H2,1H3,(H,28,32). The molecule has 0 spiro atoms. The van der Waals surface area contributed by atoms with Crippen molar-refractivity contribution in [1.82, 2.24) is 19.6 Å². The Morgan fingerprint density at radius 2 is 1.79 bits per heavy atom. The molecule has 34 heavy (non-hydrogen) atoms. The molecule has 0 aliphatic carbocycles. The molecule has 9 heteroatoms. The van der Waals surface area contributed by atoms with Crippen LogP contribution in [0.4, 0.5) is 10.2 Å². The SMILES string of the molecule is Cc1ccc(C(=O)N2CCC(O)(CN3C=Nc4c(c(=O)[nH]n4-c4ccc(F)cc4)C3)CC2)cc1. The number of likely N-dealkylation sites (tertiary alicyclic amines) is 1. The zero-order valence-electron chi connectivity index (χ0n) is 18.9. The summed E-state index contributed by atoms with van der Waals surface area (Å²) < 4.78 is 14.8. The Balaban J connectivity index is 1.24. The van der Waals surface area contributed by atoms with Gasteiger partial charge in [0.25, 0.3) is 11.5 Å². The van der Waals surface area contributed by atoms with Crippen LogP contribution in [0.2, 0.25) is 0 Å². The topological polar surface area (TPSA) is 93.9 Å². The average molecular weight is 464 g/mol. The number of aromatic nitrogens is 2. The van der Waals surface area contributed by atoms with Crippen LogP contribution in [0.3, 0.4) is 0 Å². The Hall–Kier alpha value is -3.72. The number of hydrogen-bond acceptors (Lipinski definition) is 5. The lowest BCUT2D eigenvalue weighted by atomic mass is 9.90. The number of rotatable bonds is 4. The van der Waals surface area contributed by atoms with E-state index in [9.17, 15) is 19.1 Å². The Morgan fingerprint density at radius 1 is 1.12 bits per heavy atom. The molecular weight excluding hydrogens is 437 g/mol. The summed E-state index contributed by atoms with van der Waals surface area (Å²) >= 11 is 0. The molecule has 3 aromatic rings. The van der Waals surface area contributed by atoms with E-state index >= 15 is 0 Å². The van der Waals surface area contributed by atoms with Gasteiger partial charge in [-0.25, -0.2) is 14.1 Å². The molecule has 0 saturated carbocycles. The predicted molar refractivity (Wildman–Crippen MR) is 126 cm³/mol. The van der Waals surface area contributed by atoms with Crippen LogP contribution < -0.4 is 5.56 Å². The van der Waals surface area contributed by atoms with E-state index in [1.165, 1.54) is 16.8 Å². The number of nitrogens with zero attached hydrogens (tertiary/aromatic N) is 4. The Morgan fingerprint density at radius 3 is 2.47 bits per heavy atom. The molecule has 2 aromatic carbocycles. The number of H-pyrrole nitrogens is 1. The predicted octanol–water partition coefficient (Wildman–Crippen LogP) is 2.76. The minimum absolute atomic E-state index is 0.0279. The molecule has 0 bridgehead atoms. The van der Waals surface area contributed by atoms with Crippen LogP contribution in [0.25, 0.3) is 5.69 Å². The van der Waals surface area contributed by atoms with Crippen molar-refractivity contribution in [2.45, 2.75) is 31.9 Å². The third-order valence-electron chi connectivity index (χ3n) is 6.54. The molecule has 8 nitrogen and oxygen atoms in total. The normalized spacial score (nSPS) is 17.0. The first kappa shape index (κ1) is 22.1. The number of nitrogens with one attached hydrogen (secondary N) is 1. The van der Waals surface area contributed by atoms with Crippen LogP contribution >= 0.6 is 0 Å². The van der Waals surface area contributed by atoms with E-state index in [1.807, 2.05) is 36.1 Å². The molecule has 1 fully saturated rings. The molecule has 3 heterocycles. The van der Waals surface area contributed by atoms with Gasteiger partial charge in [0.1, 0.15) is 5.82 Å². The van der Waals surface area contributed by atoms with Crippen molar-refractivity contribution in [3.8, 4) is 5.69 Å². The average Bonchev–Trinajstić information content (AvgIpc) is 3.16. The maximum Gasteiger partial charge on any atom is 0.271 e. The van der Waals surface area contributed by atoms with E-state index in [0.29, 0.717) is 61.7 Å². The number of aliphatic hydroxyl groups is 1. The number of aryl methyl sites for hydroxylation is 1. The summed E-state index contributed by atoms with van der Waals surface area (Å²) in [6, 6.07) is 13.3. The molecule has 5 rings (SSSR count). The Kier molecular flexibility index (Phi) is 5.57. The minimum Gasteiger partial charge on any atom is -0.388 e. The van der Waals surface area contributed by atoms with Crippen LogP contribution in [-0.4, -0.2) is 62.2 Å². The second kappa shape index (κ2) is 8.57. The van der Waals surface area contributed by atoms with Crippen LogP contribution in [0, 0.1) is 12.7 Å². The number of carbonyl (C=O) groups is 1. The number of halogens is 1. The van der Waals surface area contributed by atoms with E-state index < -0.39 is 5.60 Å². The van der Waals surface area contributed by atoms with Gasteiger partial charge in [0.05, 0.1) is 29.7 Å².